The molecule has 0 saturated carbocycles. The predicted molar refractivity (Wildman–Crippen MR) is 224 cm³/mol. The fourth-order valence-electron chi connectivity index (χ4n) is 8.08. The van der Waals surface area contributed by atoms with E-state index >= 15 is 0 Å². The van der Waals surface area contributed by atoms with Crippen LogP contribution in [0.5, 0.6) is 0 Å². The zero-order valence-corrected chi connectivity index (χ0v) is 30.4. The van der Waals surface area contributed by atoms with Crippen LogP contribution in [0.25, 0.3) is 76.1 Å². The van der Waals surface area contributed by atoms with Crippen molar-refractivity contribution >= 4 is 59.6 Å². The van der Waals surface area contributed by atoms with E-state index in [-0.39, 0.29) is 17.8 Å². The molecule has 52 heavy (non-hydrogen) atoms. The molecule has 0 aliphatic heterocycles. The molecule has 9 rings (SSSR count). The number of benzene rings is 8. The van der Waals surface area contributed by atoms with E-state index in [0.29, 0.717) is 6.42 Å². The van der Waals surface area contributed by atoms with E-state index in [0.717, 1.165) is 21.9 Å². The minimum atomic E-state index is -0.245. The molecule has 0 amide bonds. The lowest BCUT2D eigenvalue weighted by Crippen LogP contribution is -2.11. The molecule has 2 nitrogen and oxygen atoms in total. The van der Waals surface area contributed by atoms with Crippen molar-refractivity contribution in [3.8, 4) is 22.3 Å². The third-order valence-corrected chi connectivity index (χ3v) is 10.4. The lowest BCUT2D eigenvalue weighted by molar-refractivity contribution is -0.118. The molecule has 0 saturated heterocycles. The van der Waals surface area contributed by atoms with Gasteiger partial charge in [0.1, 0.15) is 11.9 Å². The summed E-state index contributed by atoms with van der Waals surface area (Å²) < 4.78 is 6.10. The summed E-state index contributed by atoms with van der Waals surface area (Å²) in [6, 6.07) is 48.7. The van der Waals surface area contributed by atoms with E-state index in [9.17, 15) is 4.79 Å². The number of allylic oxidation sites excluding steroid dienone is 1. The summed E-state index contributed by atoms with van der Waals surface area (Å²) in [6.45, 7) is 11.7. The number of methoxy groups -OCH3 is 1. The lowest BCUT2D eigenvalue weighted by atomic mass is 9.80. The second-order valence-corrected chi connectivity index (χ2v) is 13.1. The summed E-state index contributed by atoms with van der Waals surface area (Å²) in [6.07, 6.45) is 4.65. The fourth-order valence-corrected chi connectivity index (χ4v) is 8.08. The van der Waals surface area contributed by atoms with E-state index in [1.54, 1.807) is 14.0 Å². The number of hydrogen-bond acceptors (Lipinski definition) is 2. The van der Waals surface area contributed by atoms with Gasteiger partial charge in [0.25, 0.3) is 0 Å². The van der Waals surface area contributed by atoms with Gasteiger partial charge in [0.2, 0.25) is 0 Å². The van der Waals surface area contributed by atoms with Crippen LogP contribution < -0.4 is 0 Å². The first-order chi connectivity index (χ1) is 25.6. The van der Waals surface area contributed by atoms with Crippen LogP contribution in [0, 0.1) is 0 Å². The van der Waals surface area contributed by atoms with Crippen molar-refractivity contribution in [3.05, 3.63) is 170 Å². The fraction of sp³-hybridized carbons (Fsp3) is 0.140. The highest BCUT2D eigenvalue weighted by molar-refractivity contribution is 6.28. The van der Waals surface area contributed by atoms with Gasteiger partial charge in [0.15, 0.2) is 0 Å². The van der Waals surface area contributed by atoms with Crippen LogP contribution in [-0.2, 0) is 9.53 Å². The first kappa shape index (κ1) is 34.6. The Labute approximate surface area is 306 Å². The van der Waals surface area contributed by atoms with Crippen LogP contribution in [0.2, 0.25) is 0 Å². The van der Waals surface area contributed by atoms with Crippen LogP contribution in [0.3, 0.4) is 0 Å². The molecule has 0 fully saturated rings. The lowest BCUT2D eigenvalue weighted by Gasteiger charge is -2.24. The Morgan fingerprint density at radius 3 is 1.71 bits per heavy atom. The quantitative estimate of drug-likeness (QED) is 0.105. The van der Waals surface area contributed by atoms with Gasteiger partial charge in [-0.3, -0.25) is 4.79 Å². The monoisotopic (exact) mass is 676 g/mol. The second-order valence-electron chi connectivity index (χ2n) is 13.1. The number of ether oxygens (including phenoxy) is 1. The van der Waals surface area contributed by atoms with Gasteiger partial charge in [-0.25, -0.2) is 0 Å². The molecule has 0 spiro atoms. The molecular weight excluding hydrogens is 633 g/mol. The largest absolute Gasteiger partial charge is 0.373 e. The smallest absolute Gasteiger partial charge is 0.137 e. The first-order valence-electron chi connectivity index (χ1n) is 18.2. The van der Waals surface area contributed by atoms with E-state index < -0.39 is 0 Å². The normalized spacial score (nSPS) is 15.1. The molecule has 0 heterocycles. The summed E-state index contributed by atoms with van der Waals surface area (Å²) in [5, 5.41) is 12.0. The Morgan fingerprint density at radius 2 is 1.10 bits per heavy atom. The van der Waals surface area contributed by atoms with E-state index in [1.165, 1.54) is 65.3 Å². The number of carbonyl (C=O) groups excluding carboxylic acids is 1. The topological polar surface area (TPSA) is 26.3 Å². The highest BCUT2D eigenvalue weighted by Crippen LogP contribution is 2.49. The molecule has 0 N–H and O–H groups in total. The third-order valence-electron chi connectivity index (χ3n) is 10.4. The van der Waals surface area contributed by atoms with E-state index in [4.69, 9.17) is 4.74 Å². The average Bonchev–Trinajstić information content (AvgIpc) is 3.39. The average molecular weight is 677 g/mol. The minimum Gasteiger partial charge on any atom is -0.373 e. The van der Waals surface area contributed by atoms with E-state index in [1.807, 2.05) is 13.8 Å². The molecule has 0 aromatic heterocycles. The number of ketones is 1. The van der Waals surface area contributed by atoms with E-state index in [2.05, 4.69) is 159 Å². The maximum atomic E-state index is 13.2. The molecule has 256 valence electrons. The first-order valence-corrected chi connectivity index (χ1v) is 18.2. The predicted octanol–water partition coefficient (Wildman–Crippen LogP) is 13.9. The van der Waals surface area contributed by atoms with Crippen LogP contribution >= 0.6 is 0 Å². The van der Waals surface area contributed by atoms with Crippen LogP contribution in [0.1, 0.15) is 50.3 Å². The van der Waals surface area contributed by atoms with Crippen molar-refractivity contribution < 1.29 is 9.53 Å². The zero-order chi connectivity index (χ0) is 36.4. The zero-order valence-electron chi connectivity index (χ0n) is 30.4. The Bertz CT molecular complexity index is 2640. The van der Waals surface area contributed by atoms with Gasteiger partial charge in [-0.05, 0) is 125 Å². The number of Topliss-reactive ketones (excluding diaryl/α,β-unsaturated/α-hetero) is 1. The molecule has 2 atom stereocenters. The molecule has 1 aliphatic carbocycles. The van der Waals surface area contributed by atoms with Crippen molar-refractivity contribution in [1.82, 2.24) is 0 Å². The molecule has 2 unspecified atom stereocenters. The second kappa shape index (κ2) is 14.8. The van der Waals surface area contributed by atoms with Gasteiger partial charge in [-0.15, -0.1) is 13.2 Å². The maximum Gasteiger partial charge on any atom is 0.137 e. The van der Waals surface area contributed by atoms with Gasteiger partial charge < -0.3 is 4.74 Å². The summed E-state index contributed by atoms with van der Waals surface area (Å²) >= 11 is 0. The Morgan fingerprint density at radius 1 is 0.577 bits per heavy atom. The van der Waals surface area contributed by atoms with Crippen molar-refractivity contribution in [2.45, 2.75) is 39.2 Å². The van der Waals surface area contributed by atoms with Crippen molar-refractivity contribution in [2.75, 3.05) is 7.11 Å². The van der Waals surface area contributed by atoms with Crippen LogP contribution in [0.4, 0.5) is 0 Å². The number of rotatable bonds is 4. The highest BCUT2D eigenvalue weighted by atomic mass is 16.5. The number of fused-ring (bicyclic) bond motifs is 7. The minimum absolute atomic E-state index is 0.172. The SMILES string of the molecule is C=C.CC.COC1C=CCC(C(C)=O)c2cc3c(-c4ccc5ccccc5c4)c4ccc5ccccc5c4c(-c4ccc5ccccc5c4)c3cc21. The van der Waals surface area contributed by atoms with Gasteiger partial charge in [-0.2, -0.15) is 0 Å². The Hall–Kier alpha value is -5.83. The Kier molecular flexibility index (Phi) is 9.85. The molecule has 1 aliphatic rings. The summed E-state index contributed by atoms with van der Waals surface area (Å²) in [5.74, 6) is -0.0625. The molecule has 0 radical (unpaired) electrons. The van der Waals surface area contributed by atoms with Gasteiger partial charge >= 0.3 is 0 Å². The van der Waals surface area contributed by atoms with Crippen LogP contribution in [-0.4, -0.2) is 12.9 Å². The van der Waals surface area contributed by atoms with Gasteiger partial charge in [0.05, 0.1) is 0 Å². The van der Waals surface area contributed by atoms with Crippen LogP contribution in [0.15, 0.2) is 159 Å². The number of hydrogen-bond donors (Lipinski definition) is 0. The van der Waals surface area contributed by atoms with Crippen molar-refractivity contribution in [1.29, 1.82) is 0 Å². The molecule has 2 heteroatoms. The summed E-state index contributed by atoms with van der Waals surface area (Å²) in [5.41, 5.74) is 6.85. The third kappa shape index (κ3) is 5.89. The summed E-state index contributed by atoms with van der Waals surface area (Å²) in [7, 11) is 1.76. The van der Waals surface area contributed by atoms with Crippen molar-refractivity contribution in [3.63, 3.8) is 0 Å². The standard InChI is InChI=1S/C46H34O2.C2H6.C2H4/c1-28(47)36-16-9-17-43(48-2)40-27-42-41(26-39(36)40)44(34-20-18-29-10-3-5-13-32(29)24-34)38-23-22-31-12-7-8-15-37(31)46(38)45(42)35-21-19-30-11-4-6-14-33(30)25-35;2*1-2/h3-15,17-27,36,43H,16H2,1-2H3;1-2H3;1-2H2. The summed E-state index contributed by atoms with van der Waals surface area (Å²) in [4.78, 5) is 13.2. The molecule has 8 aromatic carbocycles. The van der Waals surface area contributed by atoms with Gasteiger partial charge in [-0.1, -0.05) is 135 Å². The molecule has 8 aromatic rings. The maximum absolute atomic E-state index is 13.2. The van der Waals surface area contributed by atoms with Gasteiger partial charge in [0, 0.05) is 13.0 Å². The molecule has 0 bridgehead atoms. The van der Waals surface area contributed by atoms with Crippen molar-refractivity contribution in [2.24, 2.45) is 0 Å². The Balaban J connectivity index is 0.00000102. The highest BCUT2D eigenvalue weighted by Gasteiger charge is 2.28. The number of carbonyl (C=O) groups is 1. The molecular formula is C50H44O2.